The summed E-state index contributed by atoms with van der Waals surface area (Å²) in [7, 11) is 1.71. The second-order valence-electron chi connectivity index (χ2n) is 4.03. The van der Waals surface area contributed by atoms with E-state index in [9.17, 15) is 4.79 Å². The summed E-state index contributed by atoms with van der Waals surface area (Å²) in [5.74, 6) is 0.534. The third-order valence-electron chi connectivity index (χ3n) is 2.60. The number of tetrazole rings is 1. The molecule has 94 valence electrons. The normalized spacial score (nSPS) is 10.4. The van der Waals surface area contributed by atoms with E-state index in [-0.39, 0.29) is 5.91 Å². The van der Waals surface area contributed by atoms with Crippen molar-refractivity contribution in [1.29, 1.82) is 0 Å². The smallest absolute Gasteiger partial charge is 0.224 e. The number of carbonyl (C=O) groups is 1. The highest BCUT2D eigenvalue weighted by atomic mass is 16.1. The molecular weight excluding hydrogens is 230 g/mol. The van der Waals surface area contributed by atoms with E-state index in [1.807, 2.05) is 32.0 Å². The number of rotatable bonds is 3. The number of anilines is 1. The van der Waals surface area contributed by atoms with Gasteiger partial charge < -0.3 is 5.32 Å². The fourth-order valence-electron chi connectivity index (χ4n) is 1.53. The van der Waals surface area contributed by atoms with Gasteiger partial charge in [0.2, 0.25) is 11.7 Å². The summed E-state index contributed by atoms with van der Waals surface area (Å²) in [6.45, 7) is 3.76. The van der Waals surface area contributed by atoms with Gasteiger partial charge in [0, 0.05) is 17.7 Å². The average molecular weight is 245 g/mol. The van der Waals surface area contributed by atoms with Crippen LogP contribution in [0.4, 0.5) is 5.69 Å². The molecule has 0 saturated heterocycles. The number of amides is 1. The standard InChI is InChI=1S/C12H15N5O/c1-4-11(18)13-10-7-9(6-5-8(10)2)12-14-16-17(3)15-12/h5-7H,4H2,1-3H3,(H,13,18). The fourth-order valence-corrected chi connectivity index (χ4v) is 1.53. The average Bonchev–Trinajstić information content (AvgIpc) is 2.78. The molecule has 6 nitrogen and oxygen atoms in total. The number of carbonyl (C=O) groups excluding carboxylic acids is 1. The first kappa shape index (κ1) is 12.2. The Morgan fingerprint density at radius 1 is 1.44 bits per heavy atom. The van der Waals surface area contributed by atoms with Crippen molar-refractivity contribution in [2.75, 3.05) is 5.32 Å². The minimum atomic E-state index is -0.0117. The summed E-state index contributed by atoms with van der Waals surface area (Å²) in [6.07, 6.45) is 0.451. The number of nitrogens with one attached hydrogen (secondary N) is 1. The predicted molar refractivity (Wildman–Crippen MR) is 67.9 cm³/mol. The molecule has 1 aromatic carbocycles. The largest absolute Gasteiger partial charge is 0.326 e. The first-order chi connectivity index (χ1) is 8.60. The van der Waals surface area contributed by atoms with E-state index in [0.29, 0.717) is 12.2 Å². The summed E-state index contributed by atoms with van der Waals surface area (Å²) >= 11 is 0. The molecule has 0 aliphatic carbocycles. The van der Waals surface area contributed by atoms with Crippen LogP contribution in [-0.2, 0) is 11.8 Å². The lowest BCUT2D eigenvalue weighted by Gasteiger charge is -2.08. The van der Waals surface area contributed by atoms with Gasteiger partial charge in [-0.3, -0.25) is 4.79 Å². The van der Waals surface area contributed by atoms with Crippen molar-refractivity contribution in [1.82, 2.24) is 20.2 Å². The van der Waals surface area contributed by atoms with E-state index < -0.39 is 0 Å². The summed E-state index contributed by atoms with van der Waals surface area (Å²) < 4.78 is 0. The molecule has 2 rings (SSSR count). The van der Waals surface area contributed by atoms with Crippen molar-refractivity contribution in [3.8, 4) is 11.4 Å². The minimum absolute atomic E-state index is 0.0117. The maximum atomic E-state index is 11.4. The minimum Gasteiger partial charge on any atom is -0.326 e. The number of hydrogen-bond acceptors (Lipinski definition) is 4. The van der Waals surface area contributed by atoms with Crippen molar-refractivity contribution in [3.05, 3.63) is 23.8 Å². The van der Waals surface area contributed by atoms with Crippen LogP contribution in [0.15, 0.2) is 18.2 Å². The third-order valence-corrected chi connectivity index (χ3v) is 2.60. The Kier molecular flexibility index (Phi) is 3.36. The molecule has 0 aliphatic heterocycles. The Bertz CT molecular complexity index is 576. The van der Waals surface area contributed by atoms with Crippen LogP contribution in [-0.4, -0.2) is 26.1 Å². The van der Waals surface area contributed by atoms with E-state index in [0.717, 1.165) is 16.8 Å². The van der Waals surface area contributed by atoms with Crippen molar-refractivity contribution >= 4 is 11.6 Å². The summed E-state index contributed by atoms with van der Waals surface area (Å²) in [6, 6.07) is 5.70. The van der Waals surface area contributed by atoms with Crippen LogP contribution in [0.5, 0.6) is 0 Å². The van der Waals surface area contributed by atoms with E-state index in [4.69, 9.17) is 0 Å². The van der Waals surface area contributed by atoms with Gasteiger partial charge in [-0.05, 0) is 23.8 Å². The number of aromatic nitrogens is 4. The highest BCUT2D eigenvalue weighted by molar-refractivity contribution is 5.91. The first-order valence-electron chi connectivity index (χ1n) is 5.75. The topological polar surface area (TPSA) is 72.7 Å². The highest BCUT2D eigenvalue weighted by Crippen LogP contribution is 2.22. The lowest BCUT2D eigenvalue weighted by molar-refractivity contribution is -0.115. The molecule has 2 aromatic rings. The van der Waals surface area contributed by atoms with E-state index in [2.05, 4.69) is 20.7 Å². The summed E-state index contributed by atoms with van der Waals surface area (Å²) in [4.78, 5) is 12.8. The zero-order valence-electron chi connectivity index (χ0n) is 10.6. The van der Waals surface area contributed by atoms with Gasteiger partial charge in [-0.2, -0.15) is 4.80 Å². The Balaban J connectivity index is 2.34. The first-order valence-corrected chi connectivity index (χ1v) is 5.75. The molecule has 0 bridgehead atoms. The molecule has 0 fully saturated rings. The van der Waals surface area contributed by atoms with Crippen LogP contribution in [0.2, 0.25) is 0 Å². The zero-order chi connectivity index (χ0) is 13.1. The number of hydrogen-bond donors (Lipinski definition) is 1. The van der Waals surface area contributed by atoms with Crippen molar-refractivity contribution in [2.45, 2.75) is 20.3 Å². The SMILES string of the molecule is CCC(=O)Nc1cc(-c2nnn(C)n2)ccc1C. The molecule has 0 radical (unpaired) electrons. The maximum absolute atomic E-state index is 11.4. The number of benzene rings is 1. The Labute approximate surface area is 105 Å². The molecule has 18 heavy (non-hydrogen) atoms. The zero-order valence-corrected chi connectivity index (χ0v) is 10.6. The van der Waals surface area contributed by atoms with Gasteiger partial charge in [0.1, 0.15) is 0 Å². The number of aryl methyl sites for hydroxylation is 2. The third kappa shape index (κ3) is 2.53. The van der Waals surface area contributed by atoms with Crippen LogP contribution in [0.3, 0.4) is 0 Å². The van der Waals surface area contributed by atoms with Gasteiger partial charge in [0.15, 0.2) is 0 Å². The molecule has 0 spiro atoms. The van der Waals surface area contributed by atoms with Gasteiger partial charge in [0.05, 0.1) is 7.05 Å². The van der Waals surface area contributed by atoms with Crippen molar-refractivity contribution < 1.29 is 4.79 Å². The Morgan fingerprint density at radius 2 is 2.22 bits per heavy atom. The Morgan fingerprint density at radius 3 is 2.83 bits per heavy atom. The monoisotopic (exact) mass is 245 g/mol. The molecule has 0 unspecified atom stereocenters. The summed E-state index contributed by atoms with van der Waals surface area (Å²) in [5.41, 5.74) is 2.62. The van der Waals surface area contributed by atoms with Gasteiger partial charge in [-0.1, -0.05) is 19.1 Å². The molecule has 1 amide bonds. The lowest BCUT2D eigenvalue weighted by atomic mass is 10.1. The molecule has 0 aliphatic rings. The van der Waals surface area contributed by atoms with Gasteiger partial charge in [0.25, 0.3) is 0 Å². The van der Waals surface area contributed by atoms with Gasteiger partial charge in [-0.15, -0.1) is 10.2 Å². The van der Waals surface area contributed by atoms with E-state index in [1.165, 1.54) is 4.80 Å². The molecule has 1 heterocycles. The van der Waals surface area contributed by atoms with Crippen molar-refractivity contribution in [3.63, 3.8) is 0 Å². The lowest BCUT2D eigenvalue weighted by Crippen LogP contribution is -2.10. The maximum Gasteiger partial charge on any atom is 0.224 e. The molecule has 0 saturated carbocycles. The van der Waals surface area contributed by atoms with E-state index in [1.54, 1.807) is 7.05 Å². The molecule has 6 heteroatoms. The fraction of sp³-hybridized carbons (Fsp3) is 0.333. The van der Waals surface area contributed by atoms with Gasteiger partial charge >= 0.3 is 0 Å². The van der Waals surface area contributed by atoms with Crippen LogP contribution in [0.1, 0.15) is 18.9 Å². The predicted octanol–water partition coefficient (Wildman–Crippen LogP) is 1.53. The highest BCUT2D eigenvalue weighted by Gasteiger charge is 2.08. The van der Waals surface area contributed by atoms with Crippen LogP contribution < -0.4 is 5.32 Å². The molecular formula is C12H15N5O. The molecule has 1 N–H and O–H groups in total. The second kappa shape index (κ2) is 4.95. The quantitative estimate of drug-likeness (QED) is 0.890. The Hall–Kier alpha value is -2.24. The van der Waals surface area contributed by atoms with Crippen LogP contribution in [0.25, 0.3) is 11.4 Å². The van der Waals surface area contributed by atoms with Crippen molar-refractivity contribution in [2.24, 2.45) is 7.05 Å². The van der Waals surface area contributed by atoms with Crippen LogP contribution in [0, 0.1) is 6.92 Å². The van der Waals surface area contributed by atoms with Crippen LogP contribution >= 0.6 is 0 Å². The number of nitrogens with zero attached hydrogens (tertiary/aromatic N) is 4. The molecule has 0 atom stereocenters. The summed E-state index contributed by atoms with van der Waals surface area (Å²) in [5, 5.41) is 14.7. The molecule has 1 aromatic heterocycles. The second-order valence-corrected chi connectivity index (χ2v) is 4.03. The van der Waals surface area contributed by atoms with Gasteiger partial charge in [-0.25, -0.2) is 0 Å². The van der Waals surface area contributed by atoms with E-state index >= 15 is 0 Å².